The van der Waals surface area contributed by atoms with Gasteiger partial charge in [0.2, 0.25) is 0 Å². The van der Waals surface area contributed by atoms with Gasteiger partial charge in [-0.1, -0.05) is 46.3 Å². The zero-order valence-electron chi connectivity index (χ0n) is 10.0. The molecule has 18 heavy (non-hydrogen) atoms. The molecule has 0 spiro atoms. The first-order chi connectivity index (χ1) is 8.74. The van der Waals surface area contributed by atoms with E-state index in [1.165, 1.54) is 0 Å². The molecule has 0 aliphatic carbocycles. The highest BCUT2D eigenvalue weighted by molar-refractivity contribution is 9.10. The molecule has 3 heteroatoms. The highest BCUT2D eigenvalue weighted by Crippen LogP contribution is 2.14. The van der Waals surface area contributed by atoms with Gasteiger partial charge < -0.3 is 10.4 Å². The average Bonchev–Trinajstić information content (AvgIpc) is 2.39. The summed E-state index contributed by atoms with van der Waals surface area (Å²) in [5.41, 5.74) is 2.17. The van der Waals surface area contributed by atoms with Crippen LogP contribution < -0.4 is 5.32 Å². The van der Waals surface area contributed by atoms with Crippen LogP contribution in [0.15, 0.2) is 59.1 Å². The van der Waals surface area contributed by atoms with Gasteiger partial charge in [0.15, 0.2) is 0 Å². The monoisotopic (exact) mass is 305 g/mol. The molecule has 94 valence electrons. The molecule has 0 radical (unpaired) electrons. The third-order valence-electron chi connectivity index (χ3n) is 2.70. The molecule has 0 unspecified atom stereocenters. The molecule has 1 atom stereocenters. The zero-order valence-corrected chi connectivity index (χ0v) is 11.6. The Morgan fingerprint density at radius 1 is 1.00 bits per heavy atom. The number of nitrogens with one attached hydrogen (secondary N) is 1. The fourth-order valence-corrected chi connectivity index (χ4v) is 2.03. The van der Waals surface area contributed by atoms with Crippen LogP contribution in [0.25, 0.3) is 0 Å². The van der Waals surface area contributed by atoms with Crippen molar-refractivity contribution in [2.75, 3.05) is 11.9 Å². The Kier molecular flexibility index (Phi) is 4.79. The lowest BCUT2D eigenvalue weighted by Crippen LogP contribution is -2.21. The van der Waals surface area contributed by atoms with Gasteiger partial charge in [-0.05, 0) is 29.8 Å². The third kappa shape index (κ3) is 4.17. The zero-order chi connectivity index (χ0) is 12.8. The minimum atomic E-state index is -0.379. The third-order valence-corrected chi connectivity index (χ3v) is 3.23. The van der Waals surface area contributed by atoms with Gasteiger partial charge in [-0.25, -0.2) is 0 Å². The van der Waals surface area contributed by atoms with E-state index < -0.39 is 0 Å². The largest absolute Gasteiger partial charge is 0.391 e. The summed E-state index contributed by atoms with van der Waals surface area (Å²) in [6.07, 6.45) is 0.292. The van der Waals surface area contributed by atoms with Crippen molar-refractivity contribution in [3.63, 3.8) is 0 Å². The molecule has 2 N–H and O–H groups in total. The number of rotatable bonds is 5. The molecule has 0 fully saturated rings. The summed E-state index contributed by atoms with van der Waals surface area (Å²) in [6, 6.07) is 18.0. The number of halogens is 1. The molecular weight excluding hydrogens is 290 g/mol. The predicted octanol–water partition coefficient (Wildman–Crippen LogP) is 3.46. The van der Waals surface area contributed by atoms with Crippen LogP contribution >= 0.6 is 15.9 Å². The second-order valence-corrected chi connectivity index (χ2v) is 5.15. The van der Waals surface area contributed by atoms with Gasteiger partial charge in [-0.15, -0.1) is 0 Å². The number of aliphatic hydroxyl groups is 1. The Bertz CT molecular complexity index is 470. The molecule has 0 aliphatic rings. The smallest absolute Gasteiger partial charge is 0.0752 e. The maximum Gasteiger partial charge on any atom is 0.0752 e. The van der Waals surface area contributed by atoms with Crippen molar-refractivity contribution in [2.24, 2.45) is 0 Å². The summed E-state index contributed by atoms with van der Waals surface area (Å²) in [5, 5.41) is 13.2. The van der Waals surface area contributed by atoms with Crippen molar-refractivity contribution >= 4 is 21.6 Å². The van der Waals surface area contributed by atoms with Crippen LogP contribution in [0.2, 0.25) is 0 Å². The lowest BCUT2D eigenvalue weighted by molar-refractivity contribution is 0.188. The second-order valence-electron chi connectivity index (χ2n) is 4.23. The Labute approximate surface area is 116 Å². The van der Waals surface area contributed by atoms with E-state index in [0.717, 1.165) is 15.7 Å². The number of hydrogen-bond donors (Lipinski definition) is 2. The van der Waals surface area contributed by atoms with Crippen molar-refractivity contribution in [3.05, 3.63) is 64.6 Å². The molecule has 2 rings (SSSR count). The van der Waals surface area contributed by atoms with Gasteiger partial charge in [-0.2, -0.15) is 0 Å². The van der Waals surface area contributed by atoms with E-state index in [0.29, 0.717) is 13.0 Å². The molecule has 0 aliphatic heterocycles. The molecular formula is C15H16BrNO. The summed E-state index contributed by atoms with van der Waals surface area (Å²) < 4.78 is 1.05. The Balaban J connectivity index is 1.81. The van der Waals surface area contributed by atoms with Gasteiger partial charge in [0.05, 0.1) is 6.10 Å². The summed E-state index contributed by atoms with van der Waals surface area (Å²) >= 11 is 3.39. The molecule has 0 aromatic heterocycles. The van der Waals surface area contributed by atoms with E-state index in [9.17, 15) is 5.11 Å². The first-order valence-electron chi connectivity index (χ1n) is 5.95. The van der Waals surface area contributed by atoms with Crippen molar-refractivity contribution in [2.45, 2.75) is 12.5 Å². The van der Waals surface area contributed by atoms with Crippen LogP contribution in [0.5, 0.6) is 0 Å². The highest BCUT2D eigenvalue weighted by atomic mass is 79.9. The summed E-state index contributed by atoms with van der Waals surface area (Å²) in [5.74, 6) is 0. The maximum absolute atomic E-state index is 9.95. The van der Waals surface area contributed by atoms with Gasteiger partial charge in [0.1, 0.15) is 0 Å². The lowest BCUT2D eigenvalue weighted by atomic mass is 10.1. The van der Waals surface area contributed by atoms with Crippen molar-refractivity contribution in [1.82, 2.24) is 0 Å². The Morgan fingerprint density at radius 2 is 1.67 bits per heavy atom. The second kappa shape index (κ2) is 6.57. The summed E-state index contributed by atoms with van der Waals surface area (Å²) in [6.45, 7) is 0.552. The molecule has 0 heterocycles. The van der Waals surface area contributed by atoms with Crippen LogP contribution in [-0.4, -0.2) is 17.8 Å². The van der Waals surface area contributed by atoms with Crippen LogP contribution in [0.4, 0.5) is 5.69 Å². The molecule has 0 saturated heterocycles. The predicted molar refractivity (Wildman–Crippen MR) is 78.8 cm³/mol. The van der Waals surface area contributed by atoms with E-state index in [1.54, 1.807) is 0 Å². The van der Waals surface area contributed by atoms with Gasteiger partial charge >= 0.3 is 0 Å². The van der Waals surface area contributed by atoms with E-state index in [1.807, 2.05) is 54.6 Å². The highest BCUT2D eigenvalue weighted by Gasteiger charge is 2.04. The van der Waals surface area contributed by atoms with Gasteiger partial charge in [0.25, 0.3) is 0 Å². The Hall–Kier alpha value is -1.32. The molecule has 0 bridgehead atoms. The first kappa shape index (κ1) is 13.1. The van der Waals surface area contributed by atoms with Gasteiger partial charge in [-0.3, -0.25) is 0 Å². The molecule has 2 aromatic carbocycles. The number of anilines is 1. The molecule has 2 aromatic rings. The fourth-order valence-electron chi connectivity index (χ4n) is 1.76. The van der Waals surface area contributed by atoms with Gasteiger partial charge in [0, 0.05) is 23.1 Å². The van der Waals surface area contributed by atoms with Crippen LogP contribution in [0.1, 0.15) is 5.56 Å². The van der Waals surface area contributed by atoms with Crippen LogP contribution in [0.3, 0.4) is 0 Å². The molecule has 0 saturated carbocycles. The van der Waals surface area contributed by atoms with Crippen molar-refractivity contribution < 1.29 is 5.11 Å². The fraction of sp³-hybridized carbons (Fsp3) is 0.200. The number of hydrogen-bond acceptors (Lipinski definition) is 2. The SMILES string of the molecule is O[C@H](CNc1ccc(Br)cc1)Cc1ccccc1. The van der Waals surface area contributed by atoms with E-state index in [2.05, 4.69) is 21.2 Å². The maximum atomic E-state index is 9.95. The van der Waals surface area contributed by atoms with Crippen molar-refractivity contribution in [1.29, 1.82) is 0 Å². The van der Waals surface area contributed by atoms with E-state index in [4.69, 9.17) is 0 Å². The lowest BCUT2D eigenvalue weighted by Gasteiger charge is -2.13. The number of aliphatic hydroxyl groups excluding tert-OH is 1. The average molecular weight is 306 g/mol. The molecule has 0 amide bonds. The standard InChI is InChI=1S/C15H16BrNO/c16-13-6-8-14(9-7-13)17-11-15(18)10-12-4-2-1-3-5-12/h1-9,15,17-18H,10-11H2/t15-/m0/s1. The van der Waals surface area contributed by atoms with Crippen LogP contribution in [-0.2, 0) is 6.42 Å². The summed E-state index contributed by atoms with van der Waals surface area (Å²) in [7, 11) is 0. The topological polar surface area (TPSA) is 32.3 Å². The minimum Gasteiger partial charge on any atom is -0.391 e. The normalized spacial score (nSPS) is 12.1. The van der Waals surface area contributed by atoms with Crippen molar-refractivity contribution in [3.8, 4) is 0 Å². The summed E-state index contributed by atoms with van der Waals surface area (Å²) in [4.78, 5) is 0. The first-order valence-corrected chi connectivity index (χ1v) is 6.75. The quantitative estimate of drug-likeness (QED) is 0.886. The van der Waals surface area contributed by atoms with Crippen LogP contribution in [0, 0.1) is 0 Å². The van der Waals surface area contributed by atoms with E-state index >= 15 is 0 Å². The number of benzene rings is 2. The minimum absolute atomic E-state index is 0.379. The molecule has 2 nitrogen and oxygen atoms in total. The Morgan fingerprint density at radius 3 is 2.33 bits per heavy atom. The van der Waals surface area contributed by atoms with E-state index in [-0.39, 0.29) is 6.10 Å².